The summed E-state index contributed by atoms with van der Waals surface area (Å²) in [7, 11) is 2.12. The van der Waals surface area contributed by atoms with Gasteiger partial charge in [0.1, 0.15) is 5.78 Å². The van der Waals surface area contributed by atoms with Gasteiger partial charge in [-0.25, -0.2) is 0 Å². The second kappa shape index (κ2) is 6.09. The monoisotopic (exact) mass is 273 g/mol. The molecule has 0 N–H and O–H groups in total. The molecule has 1 atom stereocenters. The molecular formula is C18H27NO. The minimum atomic E-state index is 0.217. The van der Waals surface area contributed by atoms with Crippen LogP contribution in [0.4, 0.5) is 0 Å². The van der Waals surface area contributed by atoms with Crippen LogP contribution in [0.15, 0.2) is 24.3 Å². The first-order chi connectivity index (χ1) is 9.35. The van der Waals surface area contributed by atoms with Crippen molar-refractivity contribution in [3.05, 3.63) is 35.4 Å². The Morgan fingerprint density at radius 2 is 1.90 bits per heavy atom. The number of rotatable bonds is 4. The molecule has 0 heterocycles. The van der Waals surface area contributed by atoms with Crippen LogP contribution in [0, 0.1) is 18.3 Å². The van der Waals surface area contributed by atoms with Gasteiger partial charge in [0.15, 0.2) is 0 Å². The summed E-state index contributed by atoms with van der Waals surface area (Å²) < 4.78 is 0. The first kappa shape index (κ1) is 15.2. The SMILES string of the molecule is Cc1ccc(CN(C)CC2CC(C)(C)CCC2=O)cc1. The Morgan fingerprint density at radius 1 is 1.25 bits per heavy atom. The zero-order valence-corrected chi connectivity index (χ0v) is 13.3. The van der Waals surface area contributed by atoms with Crippen LogP contribution in [0.1, 0.15) is 44.2 Å². The first-order valence-electron chi connectivity index (χ1n) is 7.62. The Hall–Kier alpha value is -1.15. The summed E-state index contributed by atoms with van der Waals surface area (Å²) in [5, 5.41) is 0. The topological polar surface area (TPSA) is 20.3 Å². The van der Waals surface area contributed by atoms with E-state index in [0.717, 1.165) is 32.4 Å². The second-order valence-electron chi connectivity index (χ2n) is 7.21. The molecule has 2 nitrogen and oxygen atoms in total. The molecule has 1 aliphatic carbocycles. The highest BCUT2D eigenvalue weighted by molar-refractivity contribution is 5.82. The summed E-state index contributed by atoms with van der Waals surface area (Å²) in [5.74, 6) is 0.675. The van der Waals surface area contributed by atoms with E-state index in [1.165, 1.54) is 11.1 Å². The molecule has 0 spiro atoms. The van der Waals surface area contributed by atoms with Crippen molar-refractivity contribution in [3.63, 3.8) is 0 Å². The Labute approximate surface area is 123 Å². The molecule has 2 heteroatoms. The van der Waals surface area contributed by atoms with Crippen LogP contribution in [0.25, 0.3) is 0 Å². The van der Waals surface area contributed by atoms with E-state index in [4.69, 9.17) is 0 Å². The lowest BCUT2D eigenvalue weighted by molar-refractivity contribution is -0.127. The third-order valence-corrected chi connectivity index (χ3v) is 4.41. The van der Waals surface area contributed by atoms with Crippen molar-refractivity contribution in [2.24, 2.45) is 11.3 Å². The maximum atomic E-state index is 12.1. The zero-order valence-electron chi connectivity index (χ0n) is 13.3. The first-order valence-corrected chi connectivity index (χ1v) is 7.62. The second-order valence-corrected chi connectivity index (χ2v) is 7.21. The number of nitrogens with zero attached hydrogens (tertiary/aromatic N) is 1. The molecule has 0 radical (unpaired) electrons. The van der Waals surface area contributed by atoms with E-state index >= 15 is 0 Å². The number of aryl methyl sites for hydroxylation is 1. The molecule has 1 fully saturated rings. The highest BCUT2D eigenvalue weighted by Gasteiger charge is 2.33. The maximum Gasteiger partial charge on any atom is 0.137 e. The van der Waals surface area contributed by atoms with Crippen molar-refractivity contribution in [3.8, 4) is 0 Å². The standard InChI is InChI=1S/C18H27NO/c1-14-5-7-15(8-6-14)12-19(4)13-16-11-18(2,3)10-9-17(16)20/h5-8,16H,9-13H2,1-4H3. The summed E-state index contributed by atoms with van der Waals surface area (Å²) in [6.45, 7) is 8.48. The van der Waals surface area contributed by atoms with Gasteiger partial charge >= 0.3 is 0 Å². The average molecular weight is 273 g/mol. The molecule has 1 unspecified atom stereocenters. The summed E-state index contributed by atoms with van der Waals surface area (Å²) in [6, 6.07) is 8.66. The fraction of sp³-hybridized carbons (Fsp3) is 0.611. The van der Waals surface area contributed by atoms with Crippen molar-refractivity contribution >= 4 is 5.78 Å². The van der Waals surface area contributed by atoms with E-state index in [1.807, 2.05) is 0 Å². The van der Waals surface area contributed by atoms with Crippen molar-refractivity contribution < 1.29 is 4.79 Å². The molecule has 0 bridgehead atoms. The average Bonchev–Trinajstić information content (AvgIpc) is 2.36. The molecule has 0 aromatic heterocycles. The number of hydrogen-bond acceptors (Lipinski definition) is 2. The third kappa shape index (κ3) is 4.17. The maximum absolute atomic E-state index is 12.1. The Balaban J connectivity index is 1.91. The van der Waals surface area contributed by atoms with Gasteiger partial charge in [-0.3, -0.25) is 4.79 Å². The number of Topliss-reactive ketones (excluding diaryl/α,β-unsaturated/α-hetero) is 1. The van der Waals surface area contributed by atoms with E-state index in [1.54, 1.807) is 0 Å². The van der Waals surface area contributed by atoms with Crippen LogP contribution >= 0.6 is 0 Å². The Kier molecular flexibility index (Phi) is 4.64. The lowest BCUT2D eigenvalue weighted by Crippen LogP contribution is -2.37. The van der Waals surface area contributed by atoms with E-state index in [9.17, 15) is 4.79 Å². The van der Waals surface area contributed by atoms with Crippen molar-refractivity contribution in [2.45, 2.75) is 46.6 Å². The fourth-order valence-electron chi connectivity index (χ4n) is 3.16. The normalized spacial score (nSPS) is 22.2. The molecule has 0 aliphatic heterocycles. The number of hydrogen-bond donors (Lipinski definition) is 0. The molecule has 20 heavy (non-hydrogen) atoms. The molecule has 1 saturated carbocycles. The minimum Gasteiger partial charge on any atom is -0.301 e. The lowest BCUT2D eigenvalue weighted by atomic mass is 9.71. The smallest absolute Gasteiger partial charge is 0.137 e. The number of benzene rings is 1. The summed E-state index contributed by atoms with van der Waals surface area (Å²) in [5.41, 5.74) is 2.93. The quantitative estimate of drug-likeness (QED) is 0.831. The predicted molar refractivity (Wildman–Crippen MR) is 83.6 cm³/mol. The molecule has 1 aliphatic rings. The van der Waals surface area contributed by atoms with Gasteiger partial charge in [0.05, 0.1) is 0 Å². The van der Waals surface area contributed by atoms with Crippen LogP contribution in [-0.4, -0.2) is 24.3 Å². The number of carbonyl (C=O) groups is 1. The van der Waals surface area contributed by atoms with Crippen molar-refractivity contribution in [2.75, 3.05) is 13.6 Å². The lowest BCUT2D eigenvalue weighted by Gasteiger charge is -2.36. The van der Waals surface area contributed by atoms with Gasteiger partial charge in [0.25, 0.3) is 0 Å². The summed E-state index contributed by atoms with van der Waals surface area (Å²) in [4.78, 5) is 14.4. The van der Waals surface area contributed by atoms with E-state index < -0.39 is 0 Å². The summed E-state index contributed by atoms with van der Waals surface area (Å²) in [6.07, 6.45) is 2.84. The number of carbonyl (C=O) groups excluding carboxylic acids is 1. The molecule has 1 aromatic rings. The van der Waals surface area contributed by atoms with E-state index in [-0.39, 0.29) is 5.92 Å². The van der Waals surface area contributed by atoms with Crippen LogP contribution in [-0.2, 0) is 11.3 Å². The molecule has 1 aromatic carbocycles. The van der Waals surface area contributed by atoms with Crippen molar-refractivity contribution in [1.82, 2.24) is 4.90 Å². The largest absolute Gasteiger partial charge is 0.301 e. The molecule has 2 rings (SSSR count). The molecule has 110 valence electrons. The van der Waals surface area contributed by atoms with Crippen LogP contribution in [0.2, 0.25) is 0 Å². The fourth-order valence-corrected chi connectivity index (χ4v) is 3.16. The summed E-state index contributed by atoms with van der Waals surface area (Å²) >= 11 is 0. The Bertz CT molecular complexity index is 461. The molecule has 0 amide bonds. The van der Waals surface area contributed by atoms with Crippen molar-refractivity contribution in [1.29, 1.82) is 0 Å². The number of ketones is 1. The van der Waals surface area contributed by atoms with Gasteiger partial charge in [-0.1, -0.05) is 43.7 Å². The van der Waals surface area contributed by atoms with Crippen LogP contribution < -0.4 is 0 Å². The predicted octanol–water partition coefficient (Wildman–Crippen LogP) is 3.82. The Morgan fingerprint density at radius 3 is 2.55 bits per heavy atom. The highest BCUT2D eigenvalue weighted by Crippen LogP contribution is 2.37. The molecular weight excluding hydrogens is 246 g/mol. The van der Waals surface area contributed by atoms with Gasteiger partial charge in [-0.15, -0.1) is 0 Å². The van der Waals surface area contributed by atoms with Gasteiger partial charge in [-0.2, -0.15) is 0 Å². The van der Waals surface area contributed by atoms with Crippen LogP contribution in [0.5, 0.6) is 0 Å². The zero-order chi connectivity index (χ0) is 14.8. The van der Waals surface area contributed by atoms with Crippen LogP contribution in [0.3, 0.4) is 0 Å². The van der Waals surface area contributed by atoms with Gasteiger partial charge < -0.3 is 4.90 Å². The van der Waals surface area contributed by atoms with Gasteiger partial charge in [-0.05, 0) is 37.8 Å². The van der Waals surface area contributed by atoms with Gasteiger partial charge in [0, 0.05) is 25.4 Å². The highest BCUT2D eigenvalue weighted by atomic mass is 16.1. The third-order valence-electron chi connectivity index (χ3n) is 4.41. The van der Waals surface area contributed by atoms with E-state index in [0.29, 0.717) is 11.2 Å². The van der Waals surface area contributed by atoms with Gasteiger partial charge in [0.2, 0.25) is 0 Å². The molecule has 0 saturated heterocycles. The van der Waals surface area contributed by atoms with E-state index in [2.05, 4.69) is 57.0 Å². The minimum absolute atomic E-state index is 0.217.